The van der Waals surface area contributed by atoms with Crippen LogP contribution in [0.25, 0.3) is 0 Å². The molecule has 1 atom stereocenters. The molecule has 1 aromatic rings. The predicted molar refractivity (Wildman–Crippen MR) is 100 cm³/mol. The second-order valence-electron chi connectivity index (χ2n) is 6.45. The molecule has 0 saturated heterocycles. The van der Waals surface area contributed by atoms with Gasteiger partial charge in [0.1, 0.15) is 5.75 Å². The number of unbranched alkanes of at least 4 members (excludes halogenated alkanes) is 3. The first-order chi connectivity index (χ1) is 12.0. The average Bonchev–Trinajstić information content (AvgIpc) is 2.62. The van der Waals surface area contributed by atoms with Crippen molar-refractivity contribution in [2.24, 2.45) is 0 Å². The lowest BCUT2D eigenvalue weighted by Gasteiger charge is -2.13. The van der Waals surface area contributed by atoms with Crippen LogP contribution in [0.1, 0.15) is 64.4 Å². The molecule has 5 heteroatoms. The largest absolute Gasteiger partial charge is 0.497 e. The molecule has 25 heavy (non-hydrogen) atoms. The molecule has 0 aromatic heterocycles. The van der Waals surface area contributed by atoms with Crippen LogP contribution in [0.4, 0.5) is 0 Å². The maximum Gasteiger partial charge on any atom is 0.220 e. The molecule has 0 aliphatic carbocycles. The summed E-state index contributed by atoms with van der Waals surface area (Å²) in [6.45, 7) is 4.64. The molecule has 1 rings (SSSR count). The number of hydrogen-bond donors (Lipinski definition) is 2. The minimum Gasteiger partial charge on any atom is -0.497 e. The highest BCUT2D eigenvalue weighted by Gasteiger charge is 2.10. The van der Waals surface area contributed by atoms with Gasteiger partial charge in [-0.2, -0.15) is 0 Å². The highest BCUT2D eigenvalue weighted by molar-refractivity contribution is 5.83. The number of carbonyl (C=O) groups excluding carboxylic acids is 2. The Kier molecular flexibility index (Phi) is 10.4. The number of methoxy groups -OCH3 is 1. The Labute approximate surface area is 151 Å². The van der Waals surface area contributed by atoms with Gasteiger partial charge in [-0.05, 0) is 31.0 Å². The van der Waals surface area contributed by atoms with Gasteiger partial charge in [-0.15, -0.1) is 0 Å². The molecule has 2 N–H and O–H groups in total. The van der Waals surface area contributed by atoms with Crippen LogP contribution in [0.3, 0.4) is 0 Å². The van der Waals surface area contributed by atoms with Crippen molar-refractivity contribution in [1.29, 1.82) is 0 Å². The van der Waals surface area contributed by atoms with Crippen LogP contribution in [-0.4, -0.2) is 25.0 Å². The third-order valence-electron chi connectivity index (χ3n) is 4.10. The number of ether oxygens (including phenoxy) is 1. The molecule has 0 aliphatic rings. The first-order valence-corrected chi connectivity index (χ1v) is 9.24. The first-order valence-electron chi connectivity index (χ1n) is 9.24. The zero-order valence-electron chi connectivity index (χ0n) is 15.8. The number of amides is 2. The van der Waals surface area contributed by atoms with E-state index in [1.54, 1.807) is 7.11 Å². The third-order valence-corrected chi connectivity index (χ3v) is 4.10. The lowest BCUT2D eigenvalue weighted by atomic mass is 10.1. The second-order valence-corrected chi connectivity index (χ2v) is 6.45. The minimum absolute atomic E-state index is 0.0560. The van der Waals surface area contributed by atoms with Gasteiger partial charge in [-0.1, -0.05) is 44.7 Å². The fourth-order valence-corrected chi connectivity index (χ4v) is 2.59. The van der Waals surface area contributed by atoms with Gasteiger partial charge in [0, 0.05) is 25.4 Å². The summed E-state index contributed by atoms with van der Waals surface area (Å²) in [6.07, 6.45) is 6.23. The Hall–Kier alpha value is -2.04. The third kappa shape index (κ3) is 9.75. The summed E-state index contributed by atoms with van der Waals surface area (Å²) >= 11 is 0. The summed E-state index contributed by atoms with van der Waals surface area (Å²) in [5.41, 5.74) is 0.970. The molecule has 1 unspecified atom stereocenters. The Bertz CT molecular complexity index is 531. The van der Waals surface area contributed by atoms with Crippen LogP contribution in [0, 0.1) is 0 Å². The molecule has 0 radical (unpaired) electrons. The highest BCUT2D eigenvalue weighted by Crippen LogP contribution is 2.12. The molecule has 0 spiro atoms. The smallest absolute Gasteiger partial charge is 0.220 e. The summed E-state index contributed by atoms with van der Waals surface area (Å²) in [4.78, 5) is 23.8. The van der Waals surface area contributed by atoms with Gasteiger partial charge in [0.2, 0.25) is 11.8 Å². The van der Waals surface area contributed by atoms with Crippen LogP contribution in [-0.2, 0) is 16.1 Å². The Balaban J connectivity index is 2.18. The predicted octanol–water partition coefficient (Wildman–Crippen LogP) is 3.57. The van der Waals surface area contributed by atoms with Crippen molar-refractivity contribution in [3.63, 3.8) is 0 Å². The van der Waals surface area contributed by atoms with Crippen molar-refractivity contribution >= 4 is 11.8 Å². The zero-order valence-corrected chi connectivity index (χ0v) is 15.8. The fraction of sp³-hybridized carbons (Fsp3) is 0.600. The highest BCUT2D eigenvalue weighted by atomic mass is 16.5. The van der Waals surface area contributed by atoms with Crippen LogP contribution < -0.4 is 15.4 Å². The van der Waals surface area contributed by atoms with E-state index in [4.69, 9.17) is 4.74 Å². The molecule has 0 saturated carbocycles. The van der Waals surface area contributed by atoms with E-state index < -0.39 is 0 Å². The summed E-state index contributed by atoms with van der Waals surface area (Å²) in [5.74, 6) is 0.590. The molecular weight excluding hydrogens is 316 g/mol. The quantitative estimate of drug-likeness (QED) is 0.568. The lowest BCUT2D eigenvalue weighted by molar-refractivity contribution is -0.126. The molecule has 0 aliphatic heterocycles. The summed E-state index contributed by atoms with van der Waals surface area (Å²) in [7, 11) is 1.61. The lowest BCUT2D eigenvalue weighted by Crippen LogP contribution is -2.33. The average molecular weight is 348 g/mol. The summed E-state index contributed by atoms with van der Waals surface area (Å²) in [5, 5.41) is 5.80. The zero-order chi connectivity index (χ0) is 18.5. The number of nitrogens with one attached hydrogen (secondary N) is 2. The van der Waals surface area contributed by atoms with Crippen LogP contribution in [0.15, 0.2) is 24.3 Å². The van der Waals surface area contributed by atoms with E-state index in [-0.39, 0.29) is 30.7 Å². The van der Waals surface area contributed by atoms with Crippen molar-refractivity contribution in [2.45, 2.75) is 71.4 Å². The number of rotatable bonds is 12. The number of hydrogen-bond acceptors (Lipinski definition) is 3. The normalized spacial score (nSPS) is 11.6. The van der Waals surface area contributed by atoms with Crippen molar-refractivity contribution in [2.75, 3.05) is 7.11 Å². The maximum absolute atomic E-state index is 11.9. The summed E-state index contributed by atoms with van der Waals surface area (Å²) in [6, 6.07) is 7.72. The van der Waals surface area contributed by atoms with E-state index in [1.807, 2.05) is 31.2 Å². The van der Waals surface area contributed by atoms with Crippen LogP contribution in [0.2, 0.25) is 0 Å². The molecule has 0 fully saturated rings. The molecule has 0 bridgehead atoms. The standard InChI is InChI=1S/C20H32N2O3/c1-4-5-6-7-9-16(2)22-20(24)13-12-19(23)21-15-17-10-8-11-18(14-17)25-3/h8,10-11,14,16H,4-7,9,12-13,15H2,1-3H3,(H,21,23)(H,22,24). The number of carbonyl (C=O) groups is 2. The Morgan fingerprint density at radius 1 is 1.12 bits per heavy atom. The molecule has 140 valence electrons. The van der Waals surface area contributed by atoms with Crippen molar-refractivity contribution in [3.05, 3.63) is 29.8 Å². The van der Waals surface area contributed by atoms with Gasteiger partial charge in [-0.25, -0.2) is 0 Å². The van der Waals surface area contributed by atoms with Gasteiger partial charge >= 0.3 is 0 Å². The van der Waals surface area contributed by atoms with E-state index in [9.17, 15) is 9.59 Å². The van der Waals surface area contributed by atoms with E-state index in [1.165, 1.54) is 19.3 Å². The SMILES string of the molecule is CCCCCCC(C)NC(=O)CCC(=O)NCc1cccc(OC)c1. The van der Waals surface area contributed by atoms with E-state index in [2.05, 4.69) is 17.6 Å². The molecular formula is C20H32N2O3. The van der Waals surface area contributed by atoms with Crippen molar-refractivity contribution in [1.82, 2.24) is 10.6 Å². The first kappa shape index (κ1) is 21.0. The second kappa shape index (κ2) is 12.3. The van der Waals surface area contributed by atoms with E-state index >= 15 is 0 Å². The van der Waals surface area contributed by atoms with Crippen molar-refractivity contribution in [3.8, 4) is 5.75 Å². The van der Waals surface area contributed by atoms with E-state index in [0.717, 1.165) is 24.2 Å². The van der Waals surface area contributed by atoms with Crippen LogP contribution >= 0.6 is 0 Å². The van der Waals surface area contributed by atoms with Gasteiger partial charge in [0.25, 0.3) is 0 Å². The summed E-state index contributed by atoms with van der Waals surface area (Å²) < 4.78 is 5.15. The Morgan fingerprint density at radius 2 is 1.88 bits per heavy atom. The molecule has 1 aromatic carbocycles. The van der Waals surface area contributed by atoms with Crippen LogP contribution in [0.5, 0.6) is 5.75 Å². The molecule has 0 heterocycles. The van der Waals surface area contributed by atoms with Gasteiger partial charge < -0.3 is 15.4 Å². The van der Waals surface area contributed by atoms with Gasteiger partial charge in [-0.3, -0.25) is 9.59 Å². The van der Waals surface area contributed by atoms with Crippen molar-refractivity contribution < 1.29 is 14.3 Å². The number of benzene rings is 1. The maximum atomic E-state index is 11.9. The topological polar surface area (TPSA) is 67.4 Å². The van der Waals surface area contributed by atoms with Gasteiger partial charge in [0.05, 0.1) is 7.11 Å². The van der Waals surface area contributed by atoms with E-state index in [0.29, 0.717) is 6.54 Å². The molecule has 2 amide bonds. The minimum atomic E-state index is -0.117. The van der Waals surface area contributed by atoms with Gasteiger partial charge in [0.15, 0.2) is 0 Å². The Morgan fingerprint density at radius 3 is 2.60 bits per heavy atom. The monoisotopic (exact) mass is 348 g/mol. The molecule has 5 nitrogen and oxygen atoms in total. The fourth-order valence-electron chi connectivity index (χ4n) is 2.59.